The number of aromatic nitrogens is 2. The molecule has 1 amide bonds. The molecule has 180 valence electrons. The average Bonchev–Trinajstić information content (AvgIpc) is 3.33. The molecule has 0 aliphatic carbocycles. The maximum Gasteiger partial charge on any atom is 0.272 e. The van der Waals surface area contributed by atoms with Crippen molar-refractivity contribution in [1.29, 1.82) is 0 Å². The molecular weight excluding hydrogens is 428 g/mol. The molecule has 2 aromatic carbocycles. The summed E-state index contributed by atoms with van der Waals surface area (Å²) in [4.78, 5) is 15.8. The Labute approximate surface area is 201 Å². The number of rotatable bonds is 8. The Bertz CT molecular complexity index is 1110. The smallest absolute Gasteiger partial charge is 0.272 e. The number of hydrogen-bond acceptors (Lipinski definition) is 5. The second-order valence-corrected chi connectivity index (χ2v) is 9.05. The maximum atomic E-state index is 13.4. The third-order valence-corrected chi connectivity index (χ3v) is 6.48. The van der Waals surface area contributed by atoms with Crippen molar-refractivity contribution < 1.29 is 14.3 Å². The van der Waals surface area contributed by atoms with E-state index in [1.807, 2.05) is 54.7 Å². The van der Waals surface area contributed by atoms with Gasteiger partial charge in [0.1, 0.15) is 0 Å². The Morgan fingerprint density at radius 2 is 1.88 bits per heavy atom. The molecule has 1 aliphatic heterocycles. The zero-order chi connectivity index (χ0) is 24.1. The molecule has 0 radical (unpaired) electrons. The minimum Gasteiger partial charge on any atom is -0.493 e. The second-order valence-electron chi connectivity index (χ2n) is 9.05. The van der Waals surface area contributed by atoms with Gasteiger partial charge in [0.25, 0.3) is 5.91 Å². The molecule has 1 fully saturated rings. The van der Waals surface area contributed by atoms with Crippen LogP contribution in [0.2, 0.25) is 0 Å². The predicted octanol–water partition coefficient (Wildman–Crippen LogP) is 4.41. The molecule has 3 aromatic rings. The average molecular weight is 463 g/mol. The van der Waals surface area contributed by atoms with E-state index in [-0.39, 0.29) is 5.91 Å². The van der Waals surface area contributed by atoms with E-state index in [9.17, 15) is 4.79 Å². The molecule has 1 aliphatic rings. The SMILES string of the molecule is COc1ccc(-c2cn(-c3ccccc3)nc2C(=O)NCC2CCCN(C(C)C)C2)cc1OC. The number of hydrogen-bond donors (Lipinski definition) is 1. The molecular formula is C27H34N4O3. The summed E-state index contributed by atoms with van der Waals surface area (Å²) in [5, 5.41) is 7.84. The molecule has 7 heteroatoms. The van der Waals surface area contributed by atoms with Crippen molar-refractivity contribution in [3.05, 3.63) is 60.4 Å². The third-order valence-electron chi connectivity index (χ3n) is 6.48. The van der Waals surface area contributed by atoms with Crippen LogP contribution in [-0.2, 0) is 0 Å². The van der Waals surface area contributed by atoms with Gasteiger partial charge in [0.2, 0.25) is 0 Å². The molecule has 0 spiro atoms. The van der Waals surface area contributed by atoms with Gasteiger partial charge in [0.15, 0.2) is 17.2 Å². The van der Waals surface area contributed by atoms with Crippen LogP contribution in [0.4, 0.5) is 0 Å². The first kappa shape index (κ1) is 23.8. The monoisotopic (exact) mass is 462 g/mol. The van der Waals surface area contributed by atoms with Crippen LogP contribution in [0.3, 0.4) is 0 Å². The number of carbonyl (C=O) groups excluding carboxylic acids is 1. The second kappa shape index (κ2) is 10.7. The molecule has 1 aromatic heterocycles. The van der Waals surface area contributed by atoms with Gasteiger partial charge in [0.05, 0.1) is 19.9 Å². The molecule has 1 unspecified atom stereocenters. The lowest BCUT2D eigenvalue weighted by atomic mass is 9.97. The summed E-state index contributed by atoms with van der Waals surface area (Å²) in [7, 11) is 3.21. The molecule has 0 bridgehead atoms. The zero-order valence-corrected chi connectivity index (χ0v) is 20.5. The van der Waals surface area contributed by atoms with Crippen LogP contribution in [0.15, 0.2) is 54.7 Å². The Hall–Kier alpha value is -3.32. The van der Waals surface area contributed by atoms with Crippen LogP contribution in [0, 0.1) is 5.92 Å². The van der Waals surface area contributed by atoms with Crippen molar-refractivity contribution in [3.63, 3.8) is 0 Å². The quantitative estimate of drug-likeness (QED) is 0.537. The molecule has 2 heterocycles. The first-order valence-corrected chi connectivity index (χ1v) is 11.9. The predicted molar refractivity (Wildman–Crippen MR) is 134 cm³/mol. The van der Waals surface area contributed by atoms with E-state index in [1.165, 1.54) is 0 Å². The Morgan fingerprint density at radius 1 is 1.12 bits per heavy atom. The van der Waals surface area contributed by atoms with Gasteiger partial charge in [-0.3, -0.25) is 4.79 Å². The summed E-state index contributed by atoms with van der Waals surface area (Å²) in [6, 6.07) is 16.0. The van der Waals surface area contributed by atoms with Crippen molar-refractivity contribution in [1.82, 2.24) is 20.0 Å². The van der Waals surface area contributed by atoms with Crippen LogP contribution < -0.4 is 14.8 Å². The maximum absolute atomic E-state index is 13.4. The largest absolute Gasteiger partial charge is 0.493 e. The molecule has 1 atom stereocenters. The third kappa shape index (κ3) is 5.25. The first-order valence-electron chi connectivity index (χ1n) is 11.9. The van der Waals surface area contributed by atoms with Crippen molar-refractivity contribution in [2.45, 2.75) is 32.7 Å². The van der Waals surface area contributed by atoms with Gasteiger partial charge in [-0.05, 0) is 69.0 Å². The highest BCUT2D eigenvalue weighted by Gasteiger charge is 2.24. The van der Waals surface area contributed by atoms with Crippen LogP contribution in [-0.4, -0.2) is 60.5 Å². The highest BCUT2D eigenvalue weighted by atomic mass is 16.5. The van der Waals surface area contributed by atoms with E-state index in [4.69, 9.17) is 9.47 Å². The Balaban J connectivity index is 1.61. The molecule has 4 rings (SSSR count). The van der Waals surface area contributed by atoms with Crippen LogP contribution in [0.25, 0.3) is 16.8 Å². The lowest BCUT2D eigenvalue weighted by Crippen LogP contribution is -2.43. The number of amides is 1. The van der Waals surface area contributed by atoms with Gasteiger partial charge in [-0.25, -0.2) is 4.68 Å². The normalized spacial score (nSPS) is 16.4. The first-order chi connectivity index (χ1) is 16.5. The summed E-state index contributed by atoms with van der Waals surface area (Å²) in [6.07, 6.45) is 4.19. The number of para-hydroxylation sites is 1. The number of nitrogens with zero attached hydrogens (tertiary/aromatic N) is 3. The summed E-state index contributed by atoms with van der Waals surface area (Å²) in [5.74, 6) is 1.52. The number of methoxy groups -OCH3 is 2. The molecule has 7 nitrogen and oxygen atoms in total. The number of piperidine rings is 1. The van der Waals surface area contributed by atoms with Gasteiger partial charge in [-0.1, -0.05) is 24.3 Å². The van der Waals surface area contributed by atoms with E-state index in [0.29, 0.717) is 35.7 Å². The number of benzene rings is 2. The van der Waals surface area contributed by atoms with E-state index in [2.05, 4.69) is 29.2 Å². The zero-order valence-electron chi connectivity index (χ0n) is 20.5. The van der Waals surface area contributed by atoms with Crippen molar-refractivity contribution in [2.24, 2.45) is 5.92 Å². The summed E-state index contributed by atoms with van der Waals surface area (Å²) < 4.78 is 12.6. The van der Waals surface area contributed by atoms with Gasteiger partial charge in [0, 0.05) is 30.9 Å². The van der Waals surface area contributed by atoms with Crippen molar-refractivity contribution in [2.75, 3.05) is 33.9 Å². The molecule has 0 saturated carbocycles. The van der Waals surface area contributed by atoms with E-state index in [0.717, 1.165) is 42.7 Å². The lowest BCUT2D eigenvalue weighted by molar-refractivity contribution is 0.0918. The topological polar surface area (TPSA) is 68.6 Å². The van der Waals surface area contributed by atoms with E-state index < -0.39 is 0 Å². The highest BCUT2D eigenvalue weighted by molar-refractivity contribution is 5.99. The molecule has 1 saturated heterocycles. The highest BCUT2D eigenvalue weighted by Crippen LogP contribution is 2.34. The van der Waals surface area contributed by atoms with Gasteiger partial charge < -0.3 is 19.7 Å². The number of carbonyl (C=O) groups is 1. The number of likely N-dealkylation sites (tertiary alicyclic amines) is 1. The summed E-state index contributed by atoms with van der Waals surface area (Å²) in [6.45, 7) is 7.25. The van der Waals surface area contributed by atoms with Crippen molar-refractivity contribution in [3.8, 4) is 28.3 Å². The van der Waals surface area contributed by atoms with Gasteiger partial charge in [-0.2, -0.15) is 5.10 Å². The van der Waals surface area contributed by atoms with E-state index >= 15 is 0 Å². The fourth-order valence-electron chi connectivity index (χ4n) is 4.52. The summed E-state index contributed by atoms with van der Waals surface area (Å²) in [5.41, 5.74) is 2.87. The van der Waals surface area contributed by atoms with Crippen LogP contribution in [0.5, 0.6) is 11.5 Å². The van der Waals surface area contributed by atoms with Crippen molar-refractivity contribution >= 4 is 5.91 Å². The van der Waals surface area contributed by atoms with Crippen LogP contribution in [0.1, 0.15) is 37.2 Å². The van der Waals surface area contributed by atoms with Crippen LogP contribution >= 0.6 is 0 Å². The number of ether oxygens (including phenoxy) is 2. The van der Waals surface area contributed by atoms with E-state index in [1.54, 1.807) is 18.9 Å². The summed E-state index contributed by atoms with van der Waals surface area (Å²) >= 11 is 0. The number of nitrogens with one attached hydrogen (secondary N) is 1. The fraction of sp³-hybridized carbons (Fsp3) is 0.407. The standard InChI is InChI=1S/C27H34N4O3/c1-19(2)30-14-8-9-20(17-30)16-28-27(32)26-23(18-31(29-26)22-10-6-5-7-11-22)21-12-13-24(33-3)25(15-21)34-4/h5-7,10-13,15,18-20H,8-9,14,16-17H2,1-4H3,(H,28,32). The Kier molecular flexibility index (Phi) is 7.53. The lowest BCUT2D eigenvalue weighted by Gasteiger charge is -2.35. The molecule has 1 N–H and O–H groups in total. The fourth-order valence-corrected chi connectivity index (χ4v) is 4.52. The van der Waals surface area contributed by atoms with Gasteiger partial charge >= 0.3 is 0 Å². The minimum absolute atomic E-state index is 0.166. The van der Waals surface area contributed by atoms with Gasteiger partial charge in [-0.15, -0.1) is 0 Å². The Morgan fingerprint density at radius 3 is 2.59 bits per heavy atom. The molecule has 34 heavy (non-hydrogen) atoms. The minimum atomic E-state index is -0.166.